The van der Waals surface area contributed by atoms with Crippen LogP contribution in [0.15, 0.2) is 48.5 Å². The second-order valence-electron chi connectivity index (χ2n) is 5.78. The van der Waals surface area contributed by atoms with Crippen molar-refractivity contribution in [1.29, 1.82) is 0 Å². The van der Waals surface area contributed by atoms with Crippen LogP contribution in [0, 0.1) is 0 Å². The first kappa shape index (κ1) is 18.8. The molecule has 140 valence electrons. The molecule has 1 heterocycles. The second-order valence-corrected chi connectivity index (χ2v) is 6.19. The number of para-hydroxylation sites is 1. The Kier molecular flexibility index (Phi) is 5.98. The van der Waals surface area contributed by atoms with E-state index in [0.29, 0.717) is 35.4 Å². The van der Waals surface area contributed by atoms with Gasteiger partial charge >= 0.3 is 5.97 Å². The van der Waals surface area contributed by atoms with E-state index in [1.165, 1.54) is 13.0 Å². The molecule has 1 aliphatic rings. The predicted octanol–water partition coefficient (Wildman–Crippen LogP) is 3.69. The SMILES string of the molecule is CC(OC(=O)/C=C/c1ccc2c(c1)OCCO2)C(=O)Nc1ccccc1Cl. The first-order chi connectivity index (χ1) is 13.0. The number of halogens is 1. The van der Waals surface area contributed by atoms with Gasteiger partial charge in [0, 0.05) is 6.08 Å². The average molecular weight is 388 g/mol. The lowest BCUT2D eigenvalue weighted by Crippen LogP contribution is -2.29. The Balaban J connectivity index is 1.56. The van der Waals surface area contributed by atoms with Gasteiger partial charge in [-0.15, -0.1) is 0 Å². The highest BCUT2D eigenvalue weighted by Gasteiger charge is 2.17. The number of nitrogens with one attached hydrogen (secondary N) is 1. The van der Waals surface area contributed by atoms with E-state index >= 15 is 0 Å². The number of esters is 1. The van der Waals surface area contributed by atoms with Gasteiger partial charge in [-0.3, -0.25) is 4.79 Å². The van der Waals surface area contributed by atoms with Crippen LogP contribution >= 0.6 is 11.6 Å². The van der Waals surface area contributed by atoms with Gasteiger partial charge in [-0.1, -0.05) is 29.8 Å². The van der Waals surface area contributed by atoms with Crippen LogP contribution in [-0.2, 0) is 14.3 Å². The van der Waals surface area contributed by atoms with E-state index in [0.717, 1.165) is 5.56 Å². The Morgan fingerprint density at radius 2 is 1.89 bits per heavy atom. The minimum Gasteiger partial charge on any atom is -0.486 e. The highest BCUT2D eigenvalue weighted by molar-refractivity contribution is 6.33. The molecule has 0 bridgehead atoms. The van der Waals surface area contributed by atoms with Crippen molar-refractivity contribution in [2.45, 2.75) is 13.0 Å². The summed E-state index contributed by atoms with van der Waals surface area (Å²) >= 11 is 5.99. The van der Waals surface area contributed by atoms with E-state index in [2.05, 4.69) is 5.32 Å². The predicted molar refractivity (Wildman–Crippen MR) is 102 cm³/mol. The summed E-state index contributed by atoms with van der Waals surface area (Å²) in [5.74, 6) is 0.200. The second kappa shape index (κ2) is 8.60. The van der Waals surface area contributed by atoms with Gasteiger partial charge in [0.15, 0.2) is 17.6 Å². The Bertz CT molecular complexity index is 880. The minimum absolute atomic E-state index is 0.405. The molecular weight excluding hydrogens is 370 g/mol. The van der Waals surface area contributed by atoms with Crippen LogP contribution < -0.4 is 14.8 Å². The summed E-state index contributed by atoms with van der Waals surface area (Å²) in [6.45, 7) is 2.49. The number of carbonyl (C=O) groups is 2. The van der Waals surface area contributed by atoms with E-state index in [4.69, 9.17) is 25.8 Å². The van der Waals surface area contributed by atoms with Crippen LogP contribution in [0.4, 0.5) is 5.69 Å². The zero-order valence-corrected chi connectivity index (χ0v) is 15.4. The molecule has 7 heteroatoms. The topological polar surface area (TPSA) is 73.9 Å². The van der Waals surface area contributed by atoms with E-state index < -0.39 is 18.0 Å². The van der Waals surface area contributed by atoms with Crippen molar-refractivity contribution >= 4 is 35.2 Å². The van der Waals surface area contributed by atoms with Gasteiger partial charge in [0.2, 0.25) is 0 Å². The summed E-state index contributed by atoms with van der Waals surface area (Å²) in [6, 6.07) is 12.2. The fraction of sp³-hybridized carbons (Fsp3) is 0.200. The first-order valence-electron chi connectivity index (χ1n) is 8.36. The Morgan fingerprint density at radius 3 is 2.67 bits per heavy atom. The fourth-order valence-corrected chi connectivity index (χ4v) is 2.57. The van der Waals surface area contributed by atoms with E-state index in [-0.39, 0.29) is 0 Å². The molecule has 3 rings (SSSR count). The molecule has 0 spiro atoms. The molecule has 1 aliphatic heterocycles. The molecule has 1 atom stereocenters. The monoisotopic (exact) mass is 387 g/mol. The van der Waals surface area contributed by atoms with Crippen LogP contribution in [0.5, 0.6) is 11.5 Å². The molecule has 0 saturated heterocycles. The van der Waals surface area contributed by atoms with Crippen LogP contribution in [0.3, 0.4) is 0 Å². The van der Waals surface area contributed by atoms with Gasteiger partial charge in [-0.25, -0.2) is 4.79 Å². The quantitative estimate of drug-likeness (QED) is 0.625. The van der Waals surface area contributed by atoms with Gasteiger partial charge < -0.3 is 19.5 Å². The third kappa shape index (κ3) is 5.01. The number of hydrogen-bond donors (Lipinski definition) is 1. The number of carbonyl (C=O) groups excluding carboxylic acids is 2. The summed E-state index contributed by atoms with van der Waals surface area (Å²) in [7, 11) is 0. The Labute approximate surface area is 161 Å². The highest BCUT2D eigenvalue weighted by Crippen LogP contribution is 2.31. The minimum atomic E-state index is -0.973. The molecule has 0 aliphatic carbocycles. The number of anilines is 1. The van der Waals surface area contributed by atoms with Gasteiger partial charge in [-0.2, -0.15) is 0 Å². The summed E-state index contributed by atoms with van der Waals surface area (Å²) in [6.07, 6.45) is 1.86. The molecule has 0 aromatic heterocycles. The summed E-state index contributed by atoms with van der Waals surface area (Å²) in [5.41, 5.74) is 1.21. The number of benzene rings is 2. The molecule has 2 aromatic carbocycles. The molecule has 1 amide bonds. The maximum absolute atomic E-state index is 12.1. The molecule has 1 unspecified atom stereocenters. The van der Waals surface area contributed by atoms with Crippen molar-refractivity contribution < 1.29 is 23.8 Å². The van der Waals surface area contributed by atoms with Gasteiger partial charge in [0.05, 0.1) is 10.7 Å². The normalized spacial score (nSPS) is 13.9. The Morgan fingerprint density at radius 1 is 1.15 bits per heavy atom. The molecule has 27 heavy (non-hydrogen) atoms. The lowest BCUT2D eigenvalue weighted by molar-refractivity contribution is -0.148. The zero-order chi connectivity index (χ0) is 19.2. The summed E-state index contributed by atoms with van der Waals surface area (Å²) < 4.78 is 16.1. The maximum atomic E-state index is 12.1. The number of ether oxygens (including phenoxy) is 3. The van der Waals surface area contributed by atoms with Crippen molar-refractivity contribution in [1.82, 2.24) is 0 Å². The number of fused-ring (bicyclic) bond motifs is 1. The average Bonchev–Trinajstić information content (AvgIpc) is 2.68. The Hall–Kier alpha value is -2.99. The smallest absolute Gasteiger partial charge is 0.331 e. The number of rotatable bonds is 5. The highest BCUT2D eigenvalue weighted by atomic mass is 35.5. The molecule has 0 fully saturated rings. The zero-order valence-electron chi connectivity index (χ0n) is 14.6. The van der Waals surface area contributed by atoms with E-state index in [1.54, 1.807) is 48.5 Å². The third-order valence-electron chi connectivity index (χ3n) is 3.77. The molecule has 6 nitrogen and oxygen atoms in total. The molecule has 1 N–H and O–H groups in total. The van der Waals surface area contributed by atoms with Gasteiger partial charge in [0.1, 0.15) is 13.2 Å². The molecule has 2 aromatic rings. The lowest BCUT2D eigenvalue weighted by atomic mass is 10.2. The van der Waals surface area contributed by atoms with Crippen LogP contribution in [0.1, 0.15) is 12.5 Å². The standard InChI is InChI=1S/C20H18ClNO5/c1-13(20(24)22-16-5-3-2-4-15(16)21)27-19(23)9-7-14-6-8-17-18(12-14)26-11-10-25-17/h2-9,12-13H,10-11H2,1H3,(H,22,24)/b9-7+. The summed E-state index contributed by atoms with van der Waals surface area (Å²) in [4.78, 5) is 24.1. The van der Waals surface area contributed by atoms with Crippen molar-refractivity contribution in [3.8, 4) is 11.5 Å². The van der Waals surface area contributed by atoms with Crippen molar-refractivity contribution in [2.24, 2.45) is 0 Å². The molecule has 0 saturated carbocycles. The van der Waals surface area contributed by atoms with Crippen molar-refractivity contribution in [3.05, 3.63) is 59.1 Å². The van der Waals surface area contributed by atoms with Crippen molar-refractivity contribution in [3.63, 3.8) is 0 Å². The fourth-order valence-electron chi connectivity index (χ4n) is 2.39. The van der Waals surface area contributed by atoms with Gasteiger partial charge in [-0.05, 0) is 42.8 Å². The van der Waals surface area contributed by atoms with Crippen molar-refractivity contribution in [2.75, 3.05) is 18.5 Å². The molecular formula is C20H18ClNO5. The largest absolute Gasteiger partial charge is 0.486 e. The summed E-state index contributed by atoms with van der Waals surface area (Å²) in [5, 5.41) is 3.03. The van der Waals surface area contributed by atoms with E-state index in [1.807, 2.05) is 0 Å². The lowest BCUT2D eigenvalue weighted by Gasteiger charge is -2.18. The maximum Gasteiger partial charge on any atom is 0.331 e. The van der Waals surface area contributed by atoms with Gasteiger partial charge in [0.25, 0.3) is 5.91 Å². The van der Waals surface area contributed by atoms with E-state index in [9.17, 15) is 9.59 Å². The van der Waals surface area contributed by atoms with Crippen LogP contribution in [0.2, 0.25) is 5.02 Å². The number of amides is 1. The first-order valence-corrected chi connectivity index (χ1v) is 8.74. The number of hydrogen-bond acceptors (Lipinski definition) is 5. The van der Waals surface area contributed by atoms with Crippen LogP contribution in [0.25, 0.3) is 6.08 Å². The molecule has 0 radical (unpaired) electrons. The van der Waals surface area contributed by atoms with Crippen LogP contribution in [-0.4, -0.2) is 31.2 Å². The third-order valence-corrected chi connectivity index (χ3v) is 4.10.